The van der Waals surface area contributed by atoms with Crippen molar-refractivity contribution in [2.24, 2.45) is 0 Å². The van der Waals surface area contributed by atoms with Crippen LogP contribution in [0.4, 0.5) is 0 Å². The first kappa shape index (κ1) is 15.7. The minimum Gasteiger partial charge on any atom is -0.458 e. The van der Waals surface area contributed by atoms with Crippen molar-refractivity contribution in [3.8, 4) is 0 Å². The monoisotopic (exact) mass is 299 g/mol. The van der Waals surface area contributed by atoms with Crippen LogP contribution in [-0.2, 0) is 14.3 Å². The van der Waals surface area contributed by atoms with Crippen molar-refractivity contribution in [1.82, 2.24) is 4.90 Å². The largest absolute Gasteiger partial charge is 0.458 e. The number of carbonyl (C=O) groups is 2. The molecule has 2 heterocycles. The Labute approximate surface area is 125 Å². The SMILES string of the molecule is CC(C)(C)OC(=O)[C@H]1CCCN1C(=O)C1CCCCS1. The van der Waals surface area contributed by atoms with Gasteiger partial charge in [0.15, 0.2) is 0 Å². The molecule has 114 valence electrons. The molecule has 2 rings (SSSR count). The Kier molecular flexibility index (Phi) is 4.99. The molecule has 0 bridgehead atoms. The summed E-state index contributed by atoms with van der Waals surface area (Å²) in [5, 5.41) is 0.0480. The van der Waals surface area contributed by atoms with Gasteiger partial charge in [0.05, 0.1) is 5.25 Å². The summed E-state index contributed by atoms with van der Waals surface area (Å²) >= 11 is 1.74. The molecule has 2 aliphatic heterocycles. The Balaban J connectivity index is 1.99. The van der Waals surface area contributed by atoms with Gasteiger partial charge in [-0.25, -0.2) is 4.79 Å². The number of carbonyl (C=O) groups excluding carboxylic acids is 2. The highest BCUT2D eigenvalue weighted by Gasteiger charge is 2.39. The van der Waals surface area contributed by atoms with Gasteiger partial charge in [0.2, 0.25) is 5.91 Å². The van der Waals surface area contributed by atoms with E-state index >= 15 is 0 Å². The predicted octanol–water partition coefficient (Wildman–Crippen LogP) is 2.60. The first-order valence-electron chi connectivity index (χ1n) is 7.53. The number of nitrogens with zero attached hydrogens (tertiary/aromatic N) is 1. The van der Waals surface area contributed by atoms with E-state index in [4.69, 9.17) is 4.74 Å². The van der Waals surface area contributed by atoms with Crippen LogP contribution in [0.1, 0.15) is 52.9 Å². The molecule has 1 amide bonds. The molecule has 5 heteroatoms. The number of ether oxygens (including phenoxy) is 1. The second kappa shape index (κ2) is 6.37. The summed E-state index contributed by atoms with van der Waals surface area (Å²) in [5.41, 5.74) is -0.492. The smallest absolute Gasteiger partial charge is 0.329 e. The van der Waals surface area contributed by atoms with Crippen LogP contribution in [0.15, 0.2) is 0 Å². The average molecular weight is 299 g/mol. The zero-order chi connectivity index (χ0) is 14.8. The number of likely N-dealkylation sites (tertiary alicyclic amines) is 1. The fraction of sp³-hybridized carbons (Fsp3) is 0.867. The molecule has 0 saturated carbocycles. The third kappa shape index (κ3) is 3.90. The van der Waals surface area contributed by atoms with Crippen molar-refractivity contribution in [2.45, 2.75) is 69.8 Å². The van der Waals surface area contributed by atoms with Gasteiger partial charge in [-0.2, -0.15) is 0 Å². The molecule has 0 radical (unpaired) electrons. The van der Waals surface area contributed by atoms with E-state index in [1.165, 1.54) is 6.42 Å². The highest BCUT2D eigenvalue weighted by atomic mass is 32.2. The van der Waals surface area contributed by atoms with Gasteiger partial charge in [-0.1, -0.05) is 6.42 Å². The van der Waals surface area contributed by atoms with Crippen molar-refractivity contribution >= 4 is 23.6 Å². The maximum Gasteiger partial charge on any atom is 0.329 e. The second-order valence-electron chi connectivity index (χ2n) is 6.58. The lowest BCUT2D eigenvalue weighted by molar-refractivity contribution is -0.163. The summed E-state index contributed by atoms with van der Waals surface area (Å²) in [7, 11) is 0. The van der Waals surface area contributed by atoms with Crippen LogP contribution in [0.5, 0.6) is 0 Å². The van der Waals surface area contributed by atoms with Gasteiger partial charge in [-0.15, -0.1) is 11.8 Å². The third-order valence-corrected chi connectivity index (χ3v) is 5.03. The number of esters is 1. The van der Waals surface area contributed by atoms with Crippen molar-refractivity contribution in [1.29, 1.82) is 0 Å². The number of hydrogen-bond acceptors (Lipinski definition) is 4. The fourth-order valence-corrected chi connectivity index (χ4v) is 4.03. The standard InChI is InChI=1S/C15H25NO3S/c1-15(2,3)19-14(18)11-7-6-9-16(11)13(17)12-8-4-5-10-20-12/h11-12H,4-10H2,1-3H3/t11-,12?/m1/s1. The van der Waals surface area contributed by atoms with Crippen LogP contribution in [-0.4, -0.2) is 46.0 Å². The lowest BCUT2D eigenvalue weighted by Gasteiger charge is -2.31. The Morgan fingerprint density at radius 3 is 2.50 bits per heavy atom. The molecule has 2 atom stereocenters. The first-order chi connectivity index (χ1) is 9.38. The van der Waals surface area contributed by atoms with E-state index in [9.17, 15) is 9.59 Å². The van der Waals surface area contributed by atoms with Gasteiger partial charge in [0, 0.05) is 6.54 Å². The molecule has 20 heavy (non-hydrogen) atoms. The summed E-state index contributed by atoms with van der Waals surface area (Å²) < 4.78 is 5.45. The zero-order valence-corrected chi connectivity index (χ0v) is 13.5. The van der Waals surface area contributed by atoms with Crippen LogP contribution >= 0.6 is 11.8 Å². The molecule has 2 aliphatic rings. The maximum atomic E-state index is 12.6. The summed E-state index contributed by atoms with van der Waals surface area (Å²) in [4.78, 5) is 26.6. The highest BCUT2D eigenvalue weighted by Crippen LogP contribution is 2.30. The molecule has 0 aromatic carbocycles. The van der Waals surface area contributed by atoms with E-state index < -0.39 is 5.60 Å². The van der Waals surface area contributed by atoms with Gasteiger partial charge in [0.25, 0.3) is 0 Å². The number of thioether (sulfide) groups is 1. The Morgan fingerprint density at radius 2 is 1.90 bits per heavy atom. The topological polar surface area (TPSA) is 46.6 Å². The predicted molar refractivity (Wildman–Crippen MR) is 80.7 cm³/mol. The molecule has 1 unspecified atom stereocenters. The Morgan fingerprint density at radius 1 is 1.15 bits per heavy atom. The van der Waals surface area contributed by atoms with E-state index in [1.54, 1.807) is 16.7 Å². The van der Waals surface area contributed by atoms with Crippen molar-refractivity contribution < 1.29 is 14.3 Å². The minimum atomic E-state index is -0.492. The average Bonchev–Trinajstić information content (AvgIpc) is 2.86. The van der Waals surface area contributed by atoms with E-state index in [1.807, 2.05) is 20.8 Å². The van der Waals surface area contributed by atoms with Crippen LogP contribution in [0.2, 0.25) is 0 Å². The molecule has 2 saturated heterocycles. The van der Waals surface area contributed by atoms with Gasteiger partial charge >= 0.3 is 5.97 Å². The molecule has 0 aromatic rings. The molecular weight excluding hydrogens is 274 g/mol. The molecule has 0 aromatic heterocycles. The lowest BCUT2D eigenvalue weighted by Crippen LogP contribution is -2.47. The van der Waals surface area contributed by atoms with Gasteiger partial charge in [-0.3, -0.25) is 4.79 Å². The fourth-order valence-electron chi connectivity index (χ4n) is 2.77. The van der Waals surface area contributed by atoms with Crippen molar-refractivity contribution in [3.05, 3.63) is 0 Å². The van der Waals surface area contributed by atoms with Crippen LogP contribution < -0.4 is 0 Å². The number of hydrogen-bond donors (Lipinski definition) is 0. The van der Waals surface area contributed by atoms with Gasteiger partial charge in [0.1, 0.15) is 11.6 Å². The Hall–Kier alpha value is -0.710. The molecule has 2 fully saturated rings. The van der Waals surface area contributed by atoms with Gasteiger partial charge < -0.3 is 9.64 Å². The van der Waals surface area contributed by atoms with E-state index in [-0.39, 0.29) is 23.2 Å². The first-order valence-corrected chi connectivity index (χ1v) is 8.58. The van der Waals surface area contributed by atoms with E-state index in [0.29, 0.717) is 6.54 Å². The highest BCUT2D eigenvalue weighted by molar-refractivity contribution is 8.00. The third-order valence-electron chi connectivity index (χ3n) is 3.67. The lowest BCUT2D eigenvalue weighted by atomic mass is 10.1. The van der Waals surface area contributed by atoms with Crippen LogP contribution in [0, 0.1) is 0 Å². The minimum absolute atomic E-state index is 0.0480. The summed E-state index contributed by atoms with van der Waals surface area (Å²) in [6.45, 7) is 6.29. The number of amides is 1. The summed E-state index contributed by atoms with van der Waals surface area (Å²) in [6.07, 6.45) is 4.89. The van der Waals surface area contributed by atoms with E-state index in [2.05, 4.69) is 0 Å². The zero-order valence-electron chi connectivity index (χ0n) is 12.7. The maximum absolute atomic E-state index is 12.6. The Bertz CT molecular complexity index is 372. The molecule has 4 nitrogen and oxygen atoms in total. The molecular formula is C15H25NO3S. The van der Waals surface area contributed by atoms with Crippen molar-refractivity contribution in [3.63, 3.8) is 0 Å². The molecule has 0 N–H and O–H groups in total. The normalized spacial score (nSPS) is 27.4. The quantitative estimate of drug-likeness (QED) is 0.735. The number of rotatable bonds is 2. The summed E-state index contributed by atoms with van der Waals surface area (Å²) in [6, 6.07) is -0.371. The van der Waals surface area contributed by atoms with Crippen LogP contribution in [0.3, 0.4) is 0 Å². The van der Waals surface area contributed by atoms with E-state index in [0.717, 1.165) is 31.4 Å². The summed E-state index contributed by atoms with van der Waals surface area (Å²) in [5.74, 6) is 0.952. The van der Waals surface area contributed by atoms with Gasteiger partial charge in [-0.05, 0) is 52.2 Å². The van der Waals surface area contributed by atoms with Crippen molar-refractivity contribution in [2.75, 3.05) is 12.3 Å². The molecule has 0 aliphatic carbocycles. The van der Waals surface area contributed by atoms with Crippen LogP contribution in [0.25, 0.3) is 0 Å². The second-order valence-corrected chi connectivity index (χ2v) is 7.89. The molecule has 0 spiro atoms.